The molecule has 1 fully saturated rings. The van der Waals surface area contributed by atoms with Crippen LogP contribution in [-0.4, -0.2) is 53.9 Å². The maximum absolute atomic E-state index is 12.9. The van der Waals surface area contributed by atoms with Crippen molar-refractivity contribution in [3.8, 4) is 0 Å². The largest absolute Gasteiger partial charge is 0.378 e. The van der Waals surface area contributed by atoms with Crippen molar-refractivity contribution in [2.75, 3.05) is 38.3 Å². The zero-order chi connectivity index (χ0) is 23.2. The number of morpholine rings is 1. The molecule has 0 spiro atoms. The van der Waals surface area contributed by atoms with E-state index in [9.17, 15) is 4.79 Å². The molecular formula is C26H29ClN4O2. The van der Waals surface area contributed by atoms with Crippen molar-refractivity contribution < 1.29 is 9.53 Å². The number of carbonyl (C=O) groups is 1. The molecule has 0 radical (unpaired) electrons. The van der Waals surface area contributed by atoms with E-state index in [2.05, 4.69) is 22.1 Å². The number of aryl methyl sites for hydroxylation is 1. The van der Waals surface area contributed by atoms with Gasteiger partial charge in [-0.05, 0) is 30.2 Å². The second-order valence-corrected chi connectivity index (χ2v) is 8.55. The van der Waals surface area contributed by atoms with Crippen LogP contribution in [0.3, 0.4) is 0 Å². The van der Waals surface area contributed by atoms with Gasteiger partial charge in [0.25, 0.3) is 0 Å². The van der Waals surface area contributed by atoms with Gasteiger partial charge in [0.2, 0.25) is 5.91 Å². The molecule has 0 saturated carbocycles. The number of benzene rings is 2. The molecule has 1 aromatic heterocycles. The van der Waals surface area contributed by atoms with E-state index in [1.807, 2.05) is 56.4 Å². The number of nitrogens with zero attached hydrogens (tertiary/aromatic N) is 4. The van der Waals surface area contributed by atoms with Gasteiger partial charge in [0.1, 0.15) is 5.15 Å². The van der Waals surface area contributed by atoms with Crippen LogP contribution < -0.4 is 4.90 Å². The third-order valence-electron chi connectivity index (χ3n) is 5.80. The SMILES string of the molecule is Cc1nn(Cc2ccccc2)c(Cl)c1/C=C/C(=O)N(C)Cc1ccccc1N1CCOCC1. The molecule has 0 N–H and O–H groups in total. The molecule has 0 atom stereocenters. The number of ether oxygens (including phenoxy) is 1. The van der Waals surface area contributed by atoms with Gasteiger partial charge in [0, 0.05) is 44.0 Å². The summed E-state index contributed by atoms with van der Waals surface area (Å²) in [5.74, 6) is -0.0851. The molecule has 1 aliphatic rings. The average molecular weight is 465 g/mol. The summed E-state index contributed by atoms with van der Waals surface area (Å²) in [4.78, 5) is 16.9. The highest BCUT2D eigenvalue weighted by molar-refractivity contribution is 6.31. The van der Waals surface area contributed by atoms with Gasteiger partial charge >= 0.3 is 0 Å². The highest BCUT2D eigenvalue weighted by atomic mass is 35.5. The lowest BCUT2D eigenvalue weighted by molar-refractivity contribution is -0.125. The molecule has 2 heterocycles. The number of halogens is 1. The van der Waals surface area contributed by atoms with Crippen LogP contribution in [0.1, 0.15) is 22.4 Å². The highest BCUT2D eigenvalue weighted by Crippen LogP contribution is 2.24. The summed E-state index contributed by atoms with van der Waals surface area (Å²) in [7, 11) is 1.82. The molecule has 1 amide bonds. The van der Waals surface area contributed by atoms with Gasteiger partial charge in [-0.25, -0.2) is 4.68 Å². The first-order valence-corrected chi connectivity index (χ1v) is 11.5. The Bertz CT molecular complexity index is 1120. The standard InChI is InChI=1S/C26H29ClN4O2/c1-20-23(26(27)31(28-20)18-21-8-4-3-5-9-21)12-13-25(32)29(2)19-22-10-6-7-11-24(22)30-14-16-33-17-15-30/h3-13H,14-19H2,1-2H3/b13-12+. The van der Waals surface area contributed by atoms with E-state index < -0.39 is 0 Å². The zero-order valence-corrected chi connectivity index (χ0v) is 19.8. The van der Waals surface area contributed by atoms with Crippen LogP contribution in [0.15, 0.2) is 60.7 Å². The predicted octanol–water partition coefficient (Wildman–Crippen LogP) is 4.40. The van der Waals surface area contributed by atoms with Crippen molar-refractivity contribution in [3.05, 3.63) is 88.2 Å². The van der Waals surface area contributed by atoms with E-state index in [-0.39, 0.29) is 5.91 Å². The van der Waals surface area contributed by atoms with Gasteiger partial charge in [0.05, 0.1) is 25.5 Å². The van der Waals surface area contributed by atoms with Crippen LogP contribution in [0.4, 0.5) is 5.69 Å². The smallest absolute Gasteiger partial charge is 0.246 e. The van der Waals surface area contributed by atoms with Gasteiger partial charge < -0.3 is 14.5 Å². The Labute approximate surface area is 200 Å². The Morgan fingerprint density at radius 3 is 2.58 bits per heavy atom. The van der Waals surface area contributed by atoms with Gasteiger partial charge in [-0.1, -0.05) is 60.1 Å². The van der Waals surface area contributed by atoms with E-state index in [0.717, 1.165) is 54.4 Å². The second kappa shape index (κ2) is 10.7. The molecule has 1 aliphatic heterocycles. The minimum absolute atomic E-state index is 0.0851. The topological polar surface area (TPSA) is 50.6 Å². The molecule has 2 aromatic carbocycles. The van der Waals surface area contributed by atoms with Crippen LogP contribution in [-0.2, 0) is 22.6 Å². The summed E-state index contributed by atoms with van der Waals surface area (Å²) < 4.78 is 7.24. The lowest BCUT2D eigenvalue weighted by Gasteiger charge is -2.31. The predicted molar refractivity (Wildman–Crippen MR) is 132 cm³/mol. The lowest BCUT2D eigenvalue weighted by atomic mass is 10.1. The summed E-state index contributed by atoms with van der Waals surface area (Å²) in [6, 6.07) is 18.3. The van der Waals surface area contributed by atoms with E-state index >= 15 is 0 Å². The van der Waals surface area contributed by atoms with Crippen LogP contribution >= 0.6 is 11.6 Å². The minimum Gasteiger partial charge on any atom is -0.378 e. The quantitative estimate of drug-likeness (QED) is 0.486. The fourth-order valence-corrected chi connectivity index (χ4v) is 4.29. The first-order valence-electron chi connectivity index (χ1n) is 11.1. The van der Waals surface area contributed by atoms with Crippen LogP contribution in [0.25, 0.3) is 6.08 Å². The number of rotatable bonds is 7. The van der Waals surface area contributed by atoms with Crippen molar-refractivity contribution in [3.63, 3.8) is 0 Å². The van der Waals surface area contributed by atoms with E-state index in [1.54, 1.807) is 21.7 Å². The number of aromatic nitrogens is 2. The Morgan fingerprint density at radius 2 is 1.82 bits per heavy atom. The zero-order valence-electron chi connectivity index (χ0n) is 19.1. The monoisotopic (exact) mass is 464 g/mol. The Kier molecular flexibility index (Phi) is 7.47. The molecule has 0 aliphatic carbocycles. The summed E-state index contributed by atoms with van der Waals surface area (Å²) in [5, 5.41) is 5.08. The lowest BCUT2D eigenvalue weighted by Crippen LogP contribution is -2.37. The molecular weight excluding hydrogens is 436 g/mol. The fraction of sp³-hybridized carbons (Fsp3) is 0.308. The molecule has 0 bridgehead atoms. The number of hydrogen-bond acceptors (Lipinski definition) is 4. The number of amides is 1. The van der Waals surface area contributed by atoms with Crippen LogP contribution in [0.5, 0.6) is 0 Å². The number of carbonyl (C=O) groups excluding carboxylic acids is 1. The first kappa shape index (κ1) is 23.1. The first-order chi connectivity index (χ1) is 16.0. The van der Waals surface area contributed by atoms with Gasteiger partial charge in [-0.2, -0.15) is 5.10 Å². The van der Waals surface area contributed by atoms with E-state index in [1.165, 1.54) is 0 Å². The highest BCUT2D eigenvalue weighted by Gasteiger charge is 2.17. The number of hydrogen-bond donors (Lipinski definition) is 0. The van der Waals surface area contributed by atoms with Crippen molar-refractivity contribution in [2.45, 2.75) is 20.0 Å². The molecule has 172 valence electrons. The van der Waals surface area contributed by atoms with E-state index in [0.29, 0.717) is 18.2 Å². The number of anilines is 1. The fourth-order valence-electron chi connectivity index (χ4n) is 3.99. The molecule has 3 aromatic rings. The number of likely N-dealkylation sites (N-methyl/N-ethyl adjacent to an activating group) is 1. The molecule has 33 heavy (non-hydrogen) atoms. The third kappa shape index (κ3) is 5.64. The third-order valence-corrected chi connectivity index (χ3v) is 6.20. The number of para-hydroxylation sites is 1. The summed E-state index contributed by atoms with van der Waals surface area (Å²) in [6.45, 7) is 6.18. The minimum atomic E-state index is -0.0851. The normalized spacial score (nSPS) is 14.1. The van der Waals surface area contributed by atoms with Gasteiger partial charge in [0.15, 0.2) is 0 Å². The van der Waals surface area contributed by atoms with Crippen molar-refractivity contribution >= 4 is 29.3 Å². The van der Waals surface area contributed by atoms with Gasteiger partial charge in [-0.15, -0.1) is 0 Å². The Hall–Kier alpha value is -3.09. The Morgan fingerprint density at radius 1 is 1.12 bits per heavy atom. The summed E-state index contributed by atoms with van der Waals surface area (Å²) >= 11 is 6.59. The molecule has 4 rings (SSSR count). The second-order valence-electron chi connectivity index (χ2n) is 8.19. The molecule has 6 nitrogen and oxygen atoms in total. The van der Waals surface area contributed by atoms with Crippen molar-refractivity contribution in [1.29, 1.82) is 0 Å². The molecule has 0 unspecified atom stereocenters. The molecule has 7 heteroatoms. The van der Waals surface area contributed by atoms with Crippen LogP contribution in [0.2, 0.25) is 5.15 Å². The summed E-state index contributed by atoms with van der Waals surface area (Å²) in [6.07, 6.45) is 3.33. The van der Waals surface area contributed by atoms with Crippen molar-refractivity contribution in [1.82, 2.24) is 14.7 Å². The van der Waals surface area contributed by atoms with E-state index in [4.69, 9.17) is 16.3 Å². The van der Waals surface area contributed by atoms with Crippen LogP contribution in [0, 0.1) is 6.92 Å². The molecule has 1 saturated heterocycles. The summed E-state index contributed by atoms with van der Waals surface area (Å²) in [5.41, 5.74) is 4.95. The van der Waals surface area contributed by atoms with Gasteiger partial charge in [-0.3, -0.25) is 4.79 Å². The average Bonchev–Trinajstić information content (AvgIpc) is 3.11. The van der Waals surface area contributed by atoms with Crippen molar-refractivity contribution in [2.24, 2.45) is 0 Å². The maximum atomic E-state index is 12.9. The maximum Gasteiger partial charge on any atom is 0.246 e. The Balaban J connectivity index is 1.44.